The zero-order valence-electron chi connectivity index (χ0n) is 13.5. The maximum atomic E-state index is 14.9. The summed E-state index contributed by atoms with van der Waals surface area (Å²) < 4.78 is 20.0. The van der Waals surface area contributed by atoms with Gasteiger partial charge in [-0.05, 0) is 32.3 Å². The Morgan fingerprint density at radius 3 is 2.65 bits per heavy atom. The minimum atomic E-state index is -1.25. The maximum Gasteiger partial charge on any atom is 0.312 e. The van der Waals surface area contributed by atoms with Crippen molar-refractivity contribution in [3.05, 3.63) is 35.9 Å². The van der Waals surface area contributed by atoms with Crippen molar-refractivity contribution >= 4 is 23.2 Å². The van der Waals surface area contributed by atoms with Gasteiger partial charge in [-0.1, -0.05) is 42.5 Å². The SMILES string of the molecule is CCOC(=O)C1(C2CN(C(C)c3ccccc3)C(=S)C2F)CC1. The number of esters is 1. The number of alkyl halides is 1. The number of thiocarbonyl (C=S) groups is 1. The summed E-state index contributed by atoms with van der Waals surface area (Å²) in [5.74, 6) is -0.648. The lowest BCUT2D eigenvalue weighted by Gasteiger charge is -2.27. The van der Waals surface area contributed by atoms with Gasteiger partial charge in [0, 0.05) is 12.5 Å². The smallest absolute Gasteiger partial charge is 0.312 e. The predicted octanol–water partition coefficient (Wildman–Crippen LogP) is 3.69. The Bertz CT molecular complexity index is 602. The van der Waals surface area contributed by atoms with Crippen LogP contribution in [0.5, 0.6) is 0 Å². The van der Waals surface area contributed by atoms with Crippen molar-refractivity contribution in [3.63, 3.8) is 0 Å². The van der Waals surface area contributed by atoms with E-state index in [0.717, 1.165) is 5.56 Å². The van der Waals surface area contributed by atoms with Crippen LogP contribution >= 0.6 is 12.2 Å². The maximum absolute atomic E-state index is 14.9. The second-order valence-electron chi connectivity index (χ2n) is 6.46. The number of carbonyl (C=O) groups excluding carboxylic acids is 1. The van der Waals surface area contributed by atoms with Crippen LogP contribution in [0.3, 0.4) is 0 Å². The summed E-state index contributed by atoms with van der Waals surface area (Å²) in [4.78, 5) is 14.5. The van der Waals surface area contributed by atoms with E-state index in [9.17, 15) is 9.18 Å². The largest absolute Gasteiger partial charge is 0.466 e. The molecule has 3 atom stereocenters. The average molecular weight is 335 g/mol. The van der Waals surface area contributed by atoms with E-state index in [1.807, 2.05) is 42.2 Å². The highest BCUT2D eigenvalue weighted by Gasteiger charge is 2.62. The highest BCUT2D eigenvalue weighted by molar-refractivity contribution is 7.80. The topological polar surface area (TPSA) is 29.5 Å². The molecule has 1 aromatic rings. The molecule has 0 amide bonds. The molecule has 0 radical (unpaired) electrons. The number of carbonyl (C=O) groups is 1. The molecular formula is C18H22FNO2S. The number of hydrogen-bond donors (Lipinski definition) is 0. The first kappa shape index (κ1) is 16.4. The summed E-state index contributed by atoms with van der Waals surface area (Å²) in [5.41, 5.74) is 0.439. The Balaban J connectivity index is 1.79. The number of rotatable bonds is 5. The second-order valence-corrected chi connectivity index (χ2v) is 6.88. The van der Waals surface area contributed by atoms with Gasteiger partial charge in [0.25, 0.3) is 0 Å². The molecule has 1 aliphatic carbocycles. The summed E-state index contributed by atoms with van der Waals surface area (Å²) in [5, 5.41) is 0. The zero-order chi connectivity index (χ0) is 16.6. The monoisotopic (exact) mass is 335 g/mol. The Labute approximate surface area is 141 Å². The van der Waals surface area contributed by atoms with Crippen molar-refractivity contribution in [2.24, 2.45) is 11.3 Å². The fourth-order valence-corrected chi connectivity index (χ4v) is 3.97. The van der Waals surface area contributed by atoms with Crippen LogP contribution in [0.15, 0.2) is 30.3 Å². The number of ether oxygens (including phenoxy) is 1. The third-order valence-electron chi connectivity index (χ3n) is 5.20. The van der Waals surface area contributed by atoms with Gasteiger partial charge >= 0.3 is 5.97 Å². The molecule has 0 N–H and O–H groups in total. The van der Waals surface area contributed by atoms with Crippen LogP contribution in [0.2, 0.25) is 0 Å². The fourth-order valence-electron chi connectivity index (χ4n) is 3.58. The average Bonchev–Trinajstić information content (AvgIpc) is 3.31. The molecular weight excluding hydrogens is 313 g/mol. The Morgan fingerprint density at radius 2 is 2.09 bits per heavy atom. The van der Waals surface area contributed by atoms with E-state index in [1.54, 1.807) is 6.92 Å². The number of likely N-dealkylation sites (tertiary alicyclic amines) is 1. The molecule has 1 saturated carbocycles. The summed E-state index contributed by atoms with van der Waals surface area (Å²) in [6, 6.07) is 9.94. The minimum absolute atomic E-state index is 0.00458. The number of halogens is 1. The van der Waals surface area contributed by atoms with Gasteiger partial charge in [0.05, 0.1) is 18.1 Å². The van der Waals surface area contributed by atoms with Crippen molar-refractivity contribution in [2.45, 2.75) is 38.9 Å². The van der Waals surface area contributed by atoms with E-state index in [2.05, 4.69) is 0 Å². The van der Waals surface area contributed by atoms with Gasteiger partial charge < -0.3 is 9.64 Å². The lowest BCUT2D eigenvalue weighted by atomic mass is 9.87. The van der Waals surface area contributed by atoms with Crippen LogP contribution in [0.1, 0.15) is 38.3 Å². The first-order valence-electron chi connectivity index (χ1n) is 8.18. The first-order valence-corrected chi connectivity index (χ1v) is 8.59. The van der Waals surface area contributed by atoms with E-state index < -0.39 is 11.6 Å². The van der Waals surface area contributed by atoms with Crippen molar-refractivity contribution < 1.29 is 13.9 Å². The summed E-state index contributed by atoms with van der Waals surface area (Å²) in [6.07, 6.45) is 0.156. The molecule has 1 saturated heterocycles. The molecule has 1 aliphatic heterocycles. The zero-order valence-corrected chi connectivity index (χ0v) is 14.3. The second kappa shape index (κ2) is 6.19. The molecule has 2 fully saturated rings. The molecule has 0 bridgehead atoms. The Hall–Kier alpha value is -1.49. The van der Waals surface area contributed by atoms with Crippen molar-refractivity contribution in [2.75, 3.05) is 13.2 Å². The predicted molar refractivity (Wildman–Crippen MR) is 90.8 cm³/mol. The van der Waals surface area contributed by atoms with E-state index in [-0.39, 0.29) is 17.9 Å². The van der Waals surface area contributed by atoms with E-state index in [4.69, 9.17) is 17.0 Å². The third-order valence-corrected chi connectivity index (χ3v) is 5.66. The molecule has 5 heteroatoms. The summed E-state index contributed by atoms with van der Waals surface area (Å²) in [7, 11) is 0. The lowest BCUT2D eigenvalue weighted by Crippen LogP contribution is -2.34. The van der Waals surface area contributed by atoms with Gasteiger partial charge in [0.2, 0.25) is 0 Å². The molecule has 3 unspecified atom stereocenters. The van der Waals surface area contributed by atoms with Crippen LogP contribution in [-0.2, 0) is 9.53 Å². The molecule has 124 valence electrons. The number of benzene rings is 1. The molecule has 0 aromatic heterocycles. The van der Waals surface area contributed by atoms with Crippen LogP contribution in [0.25, 0.3) is 0 Å². The van der Waals surface area contributed by atoms with Gasteiger partial charge in [0.1, 0.15) is 4.99 Å². The van der Waals surface area contributed by atoms with Crippen LogP contribution in [0, 0.1) is 11.3 Å². The summed E-state index contributed by atoms with van der Waals surface area (Å²) in [6.45, 7) is 4.62. The number of nitrogens with zero attached hydrogens (tertiary/aromatic N) is 1. The normalized spacial score (nSPS) is 26.9. The molecule has 1 heterocycles. The Kier molecular flexibility index (Phi) is 4.41. The first-order chi connectivity index (χ1) is 11.0. The van der Waals surface area contributed by atoms with Gasteiger partial charge in [-0.2, -0.15) is 0 Å². The highest BCUT2D eigenvalue weighted by atomic mass is 32.1. The van der Waals surface area contributed by atoms with E-state index >= 15 is 0 Å². The molecule has 3 rings (SSSR count). The summed E-state index contributed by atoms with van der Waals surface area (Å²) >= 11 is 5.36. The molecule has 23 heavy (non-hydrogen) atoms. The van der Waals surface area contributed by atoms with Crippen LogP contribution in [0.4, 0.5) is 4.39 Å². The van der Waals surface area contributed by atoms with Crippen molar-refractivity contribution in [3.8, 4) is 0 Å². The fraction of sp³-hybridized carbons (Fsp3) is 0.556. The quantitative estimate of drug-likeness (QED) is 0.606. The van der Waals surface area contributed by atoms with Crippen LogP contribution in [-0.4, -0.2) is 35.2 Å². The Morgan fingerprint density at radius 1 is 1.43 bits per heavy atom. The van der Waals surface area contributed by atoms with Crippen LogP contribution < -0.4 is 0 Å². The molecule has 1 aromatic carbocycles. The standard InChI is InChI=1S/C18H22FNO2S/c1-3-22-17(21)18(9-10-18)14-11-20(16(23)15(14)19)12(2)13-7-5-4-6-8-13/h4-8,12,14-15H,3,9-11H2,1-2H3. The molecule has 2 aliphatic rings. The lowest BCUT2D eigenvalue weighted by molar-refractivity contribution is -0.152. The van der Waals surface area contributed by atoms with Gasteiger partial charge in [0.15, 0.2) is 6.17 Å². The van der Waals surface area contributed by atoms with E-state index in [0.29, 0.717) is 31.0 Å². The minimum Gasteiger partial charge on any atom is -0.466 e. The van der Waals surface area contributed by atoms with Crippen molar-refractivity contribution in [1.29, 1.82) is 0 Å². The highest BCUT2D eigenvalue weighted by Crippen LogP contribution is 2.57. The molecule has 0 spiro atoms. The third kappa shape index (κ3) is 2.75. The molecule has 3 nitrogen and oxygen atoms in total. The van der Waals surface area contributed by atoms with E-state index in [1.165, 1.54) is 0 Å². The van der Waals surface area contributed by atoms with Crippen molar-refractivity contribution in [1.82, 2.24) is 4.90 Å². The van der Waals surface area contributed by atoms with Gasteiger partial charge in [-0.15, -0.1) is 0 Å². The van der Waals surface area contributed by atoms with Gasteiger partial charge in [-0.3, -0.25) is 4.79 Å². The van der Waals surface area contributed by atoms with Gasteiger partial charge in [-0.25, -0.2) is 4.39 Å². The number of hydrogen-bond acceptors (Lipinski definition) is 3.